The molecule has 1 aromatic carbocycles. The molecule has 13 heteroatoms. The van der Waals surface area contributed by atoms with Crippen LogP contribution in [0.2, 0.25) is 0 Å². The Morgan fingerprint density at radius 3 is 2.68 bits per heavy atom. The minimum Gasteiger partial charge on any atom is -0.496 e. The van der Waals surface area contributed by atoms with Crippen molar-refractivity contribution in [3.63, 3.8) is 0 Å². The Balaban J connectivity index is 1.44. The van der Waals surface area contributed by atoms with E-state index in [2.05, 4.69) is 20.6 Å². The van der Waals surface area contributed by atoms with Crippen LogP contribution in [0.15, 0.2) is 36.7 Å². The van der Waals surface area contributed by atoms with Gasteiger partial charge < -0.3 is 33.9 Å². The van der Waals surface area contributed by atoms with Crippen LogP contribution in [0, 0.1) is 0 Å². The van der Waals surface area contributed by atoms with Crippen molar-refractivity contribution in [3.05, 3.63) is 53.6 Å². The first kappa shape index (κ1) is 25.3. The standard InChI is InChI=1S/C25H28N6O7/c1-34-19-10-21(36-3)20(35-2)9-16(19)25(33)30-12-17-22(13-30)38-14-15-11-31(29-28-15)7-8-37-18-5-4-6-26-23(18)24(32)27-17/h4-6,9-11,17,22H,7-8,12-14H2,1-3H3,(H,27,32)/t17-,22-/m0/s1. The zero-order valence-electron chi connectivity index (χ0n) is 21.2. The summed E-state index contributed by atoms with van der Waals surface area (Å²) in [6.45, 7) is 1.29. The van der Waals surface area contributed by atoms with E-state index in [0.717, 1.165) is 0 Å². The van der Waals surface area contributed by atoms with E-state index < -0.39 is 18.1 Å². The second-order valence-electron chi connectivity index (χ2n) is 8.72. The molecule has 0 radical (unpaired) electrons. The molecule has 1 fully saturated rings. The van der Waals surface area contributed by atoms with E-state index in [-0.39, 0.29) is 37.9 Å². The maximum Gasteiger partial charge on any atom is 0.274 e. The quantitative estimate of drug-likeness (QED) is 0.524. The summed E-state index contributed by atoms with van der Waals surface area (Å²) in [6.07, 6.45) is 2.78. The molecule has 200 valence electrons. The highest BCUT2D eigenvalue weighted by Gasteiger charge is 2.39. The fourth-order valence-corrected chi connectivity index (χ4v) is 4.48. The first-order chi connectivity index (χ1) is 18.5. The minimum absolute atomic E-state index is 0.147. The normalized spacial score (nSPS) is 19.3. The maximum absolute atomic E-state index is 13.7. The number of nitrogens with one attached hydrogen (secondary N) is 1. The Labute approximate surface area is 218 Å². The van der Waals surface area contributed by atoms with Gasteiger partial charge >= 0.3 is 0 Å². The van der Waals surface area contributed by atoms with Crippen LogP contribution in [0.4, 0.5) is 0 Å². The van der Waals surface area contributed by atoms with Gasteiger partial charge in [-0.15, -0.1) is 5.10 Å². The smallest absolute Gasteiger partial charge is 0.274 e. The Bertz CT molecular complexity index is 1330. The number of hydrogen-bond acceptors (Lipinski definition) is 10. The monoisotopic (exact) mass is 524 g/mol. The van der Waals surface area contributed by atoms with E-state index >= 15 is 0 Å². The number of amides is 2. The lowest BCUT2D eigenvalue weighted by Gasteiger charge is -2.20. The second kappa shape index (κ2) is 10.9. The number of pyridine rings is 1. The van der Waals surface area contributed by atoms with Crippen LogP contribution < -0.4 is 24.3 Å². The fraction of sp³-hybridized carbons (Fsp3) is 0.400. The third kappa shape index (κ3) is 5.05. The molecule has 5 rings (SSSR count). The molecule has 0 spiro atoms. The van der Waals surface area contributed by atoms with E-state index in [4.69, 9.17) is 23.7 Å². The van der Waals surface area contributed by atoms with Gasteiger partial charge in [0.15, 0.2) is 22.9 Å². The summed E-state index contributed by atoms with van der Waals surface area (Å²) < 4.78 is 29.8. The van der Waals surface area contributed by atoms with Gasteiger partial charge in [-0.05, 0) is 12.1 Å². The number of ether oxygens (including phenoxy) is 5. The van der Waals surface area contributed by atoms with Crippen molar-refractivity contribution in [2.75, 3.05) is 41.0 Å². The summed E-state index contributed by atoms with van der Waals surface area (Å²) in [5, 5.41) is 11.2. The van der Waals surface area contributed by atoms with E-state index in [1.165, 1.54) is 27.5 Å². The topological polar surface area (TPSA) is 139 Å². The van der Waals surface area contributed by atoms with Gasteiger partial charge in [-0.1, -0.05) is 5.21 Å². The lowest BCUT2D eigenvalue weighted by Crippen LogP contribution is -2.44. The van der Waals surface area contributed by atoms with Crippen LogP contribution in [0.25, 0.3) is 0 Å². The summed E-state index contributed by atoms with van der Waals surface area (Å²) in [6, 6.07) is 6.03. The number of fused-ring (bicyclic) bond motifs is 4. The Morgan fingerprint density at radius 1 is 1.11 bits per heavy atom. The van der Waals surface area contributed by atoms with E-state index in [1.54, 1.807) is 40.0 Å². The molecule has 2 amide bonds. The van der Waals surface area contributed by atoms with Gasteiger partial charge in [0, 0.05) is 31.4 Å². The van der Waals surface area contributed by atoms with Crippen LogP contribution in [0.3, 0.4) is 0 Å². The van der Waals surface area contributed by atoms with Gasteiger partial charge in [-0.2, -0.15) is 0 Å². The lowest BCUT2D eigenvalue weighted by atomic mass is 10.1. The van der Waals surface area contributed by atoms with Crippen molar-refractivity contribution in [1.29, 1.82) is 0 Å². The molecular weight excluding hydrogens is 496 g/mol. The summed E-state index contributed by atoms with van der Waals surface area (Å²) in [4.78, 5) is 32.7. The largest absolute Gasteiger partial charge is 0.496 e. The first-order valence-corrected chi connectivity index (χ1v) is 12.0. The Hall–Kier alpha value is -4.39. The number of methoxy groups -OCH3 is 3. The summed E-state index contributed by atoms with van der Waals surface area (Å²) in [7, 11) is 4.47. The fourth-order valence-electron chi connectivity index (χ4n) is 4.48. The van der Waals surface area contributed by atoms with Gasteiger partial charge in [0.25, 0.3) is 11.8 Å². The average Bonchev–Trinajstić information content (AvgIpc) is 3.57. The van der Waals surface area contributed by atoms with Crippen molar-refractivity contribution < 1.29 is 33.3 Å². The highest BCUT2D eigenvalue weighted by Crippen LogP contribution is 2.36. The molecule has 0 aliphatic carbocycles. The molecule has 0 saturated carbocycles. The third-order valence-electron chi connectivity index (χ3n) is 6.40. The minimum atomic E-state index is -0.523. The number of likely N-dealkylation sites (tertiary alicyclic amines) is 1. The summed E-state index contributed by atoms with van der Waals surface area (Å²) in [5.41, 5.74) is 1.07. The number of aromatic nitrogens is 4. The molecule has 4 heterocycles. The van der Waals surface area contributed by atoms with E-state index in [9.17, 15) is 9.59 Å². The van der Waals surface area contributed by atoms with Crippen molar-refractivity contribution in [2.24, 2.45) is 0 Å². The van der Waals surface area contributed by atoms with Crippen molar-refractivity contribution in [1.82, 2.24) is 30.2 Å². The molecule has 2 atom stereocenters. The number of hydrogen-bond donors (Lipinski definition) is 1. The highest BCUT2D eigenvalue weighted by atomic mass is 16.5. The number of nitrogens with zero attached hydrogens (tertiary/aromatic N) is 5. The van der Waals surface area contributed by atoms with Gasteiger partial charge in [0.2, 0.25) is 0 Å². The lowest BCUT2D eigenvalue weighted by molar-refractivity contribution is 0.0289. The van der Waals surface area contributed by atoms with Crippen molar-refractivity contribution in [3.8, 4) is 23.0 Å². The predicted molar refractivity (Wildman–Crippen MR) is 132 cm³/mol. The van der Waals surface area contributed by atoms with Gasteiger partial charge in [0.05, 0.1) is 58.4 Å². The zero-order chi connectivity index (χ0) is 26.6. The number of benzene rings is 1. The van der Waals surface area contributed by atoms with Gasteiger partial charge in [-0.3, -0.25) is 9.59 Å². The molecule has 2 aromatic heterocycles. The van der Waals surface area contributed by atoms with E-state index in [1.807, 2.05) is 0 Å². The first-order valence-electron chi connectivity index (χ1n) is 12.0. The molecule has 13 nitrogen and oxygen atoms in total. The molecule has 1 saturated heterocycles. The predicted octanol–water partition coefficient (Wildman–Crippen LogP) is 0.931. The van der Waals surface area contributed by atoms with Gasteiger partial charge in [-0.25, -0.2) is 9.67 Å². The average molecular weight is 525 g/mol. The molecule has 2 aliphatic heterocycles. The Morgan fingerprint density at radius 2 is 1.89 bits per heavy atom. The second-order valence-corrected chi connectivity index (χ2v) is 8.72. The molecule has 2 bridgehead atoms. The number of rotatable bonds is 4. The van der Waals surface area contributed by atoms with Crippen molar-refractivity contribution >= 4 is 11.8 Å². The molecule has 0 unspecified atom stereocenters. The molecule has 38 heavy (non-hydrogen) atoms. The Kier molecular flexibility index (Phi) is 7.26. The van der Waals surface area contributed by atoms with Crippen LogP contribution in [0.1, 0.15) is 26.5 Å². The third-order valence-corrected chi connectivity index (χ3v) is 6.40. The number of carbonyl (C=O) groups excluding carboxylic acids is 2. The van der Waals surface area contributed by atoms with Crippen molar-refractivity contribution in [2.45, 2.75) is 25.3 Å². The van der Waals surface area contributed by atoms with Crippen LogP contribution >= 0.6 is 0 Å². The molecule has 1 N–H and O–H groups in total. The van der Waals surface area contributed by atoms with Gasteiger partial charge in [0.1, 0.15) is 18.1 Å². The SMILES string of the molecule is COc1cc(OC)c(C(=O)N2C[C@@H]3NC(=O)c4ncccc4OCCn4cc(nn4)CO[C@H]3C2)cc1OC. The van der Waals surface area contributed by atoms with Crippen LogP contribution in [-0.4, -0.2) is 89.9 Å². The summed E-state index contributed by atoms with van der Waals surface area (Å²) in [5.74, 6) is 0.783. The molecular formula is C25H28N6O7. The van der Waals surface area contributed by atoms with Crippen LogP contribution in [-0.2, 0) is 17.9 Å². The zero-order valence-corrected chi connectivity index (χ0v) is 21.2. The highest BCUT2D eigenvalue weighted by molar-refractivity contribution is 5.98. The molecule has 3 aromatic rings. The number of carbonyl (C=O) groups is 2. The van der Waals surface area contributed by atoms with Crippen LogP contribution in [0.5, 0.6) is 23.0 Å². The maximum atomic E-state index is 13.7. The molecule has 2 aliphatic rings. The summed E-state index contributed by atoms with van der Waals surface area (Å²) >= 11 is 0. The van der Waals surface area contributed by atoms with E-state index in [0.29, 0.717) is 40.8 Å².